The predicted octanol–water partition coefficient (Wildman–Crippen LogP) is 2.21. The maximum Gasteiger partial charge on any atom is 0.428 e. The zero-order valence-electron chi connectivity index (χ0n) is 12.3. The van der Waals surface area contributed by atoms with Crippen molar-refractivity contribution in [3.8, 4) is 17.1 Å². The van der Waals surface area contributed by atoms with Gasteiger partial charge in [-0.15, -0.1) is 0 Å². The Labute approximate surface area is 134 Å². The summed E-state index contributed by atoms with van der Waals surface area (Å²) in [6.45, 7) is 1.68. The Morgan fingerprint density at radius 2 is 2.00 bits per heavy atom. The minimum atomic E-state index is -0.794. The van der Waals surface area contributed by atoms with E-state index in [0.29, 0.717) is 11.4 Å². The first-order chi connectivity index (χ1) is 11.1. The van der Waals surface area contributed by atoms with Crippen LogP contribution in [0.15, 0.2) is 53.8 Å². The molecule has 2 aromatic heterocycles. The van der Waals surface area contributed by atoms with Gasteiger partial charge in [-0.2, -0.15) is 4.57 Å². The van der Waals surface area contributed by atoms with Gasteiger partial charge >= 0.3 is 5.76 Å². The molecule has 1 aliphatic rings. The molecule has 0 radical (unpaired) electrons. The second kappa shape index (κ2) is 4.88. The lowest BCUT2D eigenvalue weighted by Crippen LogP contribution is -2.36. The van der Waals surface area contributed by atoms with Gasteiger partial charge in [0, 0.05) is 23.6 Å². The quantitative estimate of drug-likeness (QED) is 0.633. The van der Waals surface area contributed by atoms with Crippen molar-refractivity contribution in [2.45, 2.75) is 11.8 Å². The standard InChI is InChI=1S/C15H11N3O4S/c1-8-7-11(16-22-8)18-14(19)12-13(21-15(18)20)9-5-3-4-6-10(9)23-17(12)2/h3-7H,1-2H3. The molecule has 0 saturated carbocycles. The fourth-order valence-electron chi connectivity index (χ4n) is 2.51. The van der Waals surface area contributed by atoms with Gasteiger partial charge in [-0.05, 0) is 31.0 Å². The number of fused-ring (bicyclic) bond motifs is 3. The van der Waals surface area contributed by atoms with Gasteiger partial charge in [0.1, 0.15) is 5.76 Å². The third-order valence-electron chi connectivity index (χ3n) is 3.52. The molecule has 0 fully saturated rings. The van der Waals surface area contributed by atoms with Crippen LogP contribution in [0.5, 0.6) is 0 Å². The fourth-order valence-corrected chi connectivity index (χ4v) is 3.46. The summed E-state index contributed by atoms with van der Waals surface area (Å²) in [5.41, 5.74) is 0.534. The molecule has 1 aromatic carbocycles. The van der Waals surface area contributed by atoms with Gasteiger partial charge in [-0.1, -0.05) is 17.3 Å². The van der Waals surface area contributed by atoms with Crippen LogP contribution in [-0.4, -0.2) is 16.8 Å². The van der Waals surface area contributed by atoms with Crippen molar-refractivity contribution in [2.75, 3.05) is 11.4 Å². The summed E-state index contributed by atoms with van der Waals surface area (Å²) >= 11 is 1.40. The molecule has 0 N–H and O–H groups in total. The van der Waals surface area contributed by atoms with Crippen LogP contribution in [0.1, 0.15) is 5.76 Å². The topological polar surface area (TPSA) is 81.5 Å². The van der Waals surface area contributed by atoms with E-state index in [1.165, 1.54) is 18.0 Å². The van der Waals surface area contributed by atoms with Gasteiger partial charge < -0.3 is 13.2 Å². The van der Waals surface area contributed by atoms with Crippen molar-refractivity contribution in [3.05, 3.63) is 57.0 Å². The summed E-state index contributed by atoms with van der Waals surface area (Å²) in [6, 6.07) is 8.96. The number of rotatable bonds is 1. The van der Waals surface area contributed by atoms with Crippen LogP contribution < -0.4 is 15.6 Å². The molecule has 0 bridgehead atoms. The number of hydrogen-bond acceptors (Lipinski definition) is 7. The van der Waals surface area contributed by atoms with Crippen LogP contribution in [0.4, 0.5) is 5.69 Å². The molecular formula is C15H11N3O4S. The molecule has 23 heavy (non-hydrogen) atoms. The van der Waals surface area contributed by atoms with Crippen molar-refractivity contribution in [1.82, 2.24) is 9.72 Å². The number of anilines is 1. The number of hydrogen-bond donors (Lipinski definition) is 0. The number of aromatic nitrogens is 2. The van der Waals surface area contributed by atoms with Gasteiger partial charge in [0.05, 0.1) is 0 Å². The molecule has 0 atom stereocenters. The van der Waals surface area contributed by atoms with Gasteiger partial charge in [-0.3, -0.25) is 4.79 Å². The zero-order valence-corrected chi connectivity index (χ0v) is 13.1. The maximum absolute atomic E-state index is 12.8. The van der Waals surface area contributed by atoms with Crippen LogP contribution in [0.3, 0.4) is 0 Å². The molecule has 3 heterocycles. The molecule has 0 unspecified atom stereocenters. The number of aryl methyl sites for hydroxylation is 1. The molecule has 0 spiro atoms. The van der Waals surface area contributed by atoms with E-state index in [9.17, 15) is 9.59 Å². The molecule has 1 aliphatic heterocycles. The Morgan fingerprint density at radius 3 is 2.74 bits per heavy atom. The fraction of sp³-hybridized carbons (Fsp3) is 0.133. The Hall–Kier alpha value is -2.74. The Bertz CT molecular complexity index is 1030. The maximum atomic E-state index is 12.8. The highest BCUT2D eigenvalue weighted by Gasteiger charge is 2.29. The van der Waals surface area contributed by atoms with Crippen molar-refractivity contribution in [3.63, 3.8) is 0 Å². The number of nitrogens with zero attached hydrogens (tertiary/aromatic N) is 3. The van der Waals surface area contributed by atoms with Gasteiger partial charge in [0.2, 0.25) is 0 Å². The van der Waals surface area contributed by atoms with Crippen LogP contribution in [-0.2, 0) is 0 Å². The zero-order chi connectivity index (χ0) is 16.1. The normalized spacial score (nSPS) is 12.9. The third-order valence-corrected chi connectivity index (χ3v) is 4.53. The summed E-state index contributed by atoms with van der Waals surface area (Å²) in [6.07, 6.45) is 0. The summed E-state index contributed by atoms with van der Waals surface area (Å²) in [4.78, 5) is 26.1. The first kappa shape index (κ1) is 13.9. The molecule has 7 nitrogen and oxygen atoms in total. The molecule has 0 saturated heterocycles. The lowest BCUT2D eigenvalue weighted by molar-refractivity contribution is 0.389. The smallest absolute Gasteiger partial charge is 0.406 e. The highest BCUT2D eigenvalue weighted by atomic mass is 32.2. The van der Waals surface area contributed by atoms with E-state index in [2.05, 4.69) is 5.16 Å². The van der Waals surface area contributed by atoms with E-state index >= 15 is 0 Å². The first-order valence-corrected chi connectivity index (χ1v) is 7.58. The van der Waals surface area contributed by atoms with Crippen LogP contribution in [0.2, 0.25) is 0 Å². The lowest BCUT2D eigenvalue weighted by Gasteiger charge is -2.25. The van der Waals surface area contributed by atoms with Crippen LogP contribution in [0.25, 0.3) is 17.1 Å². The summed E-state index contributed by atoms with van der Waals surface area (Å²) in [7, 11) is 1.75. The van der Waals surface area contributed by atoms with E-state index in [1.54, 1.807) is 18.3 Å². The lowest BCUT2D eigenvalue weighted by atomic mass is 10.1. The van der Waals surface area contributed by atoms with Crippen molar-refractivity contribution in [1.29, 1.82) is 0 Å². The first-order valence-electron chi connectivity index (χ1n) is 6.81. The average molecular weight is 329 g/mol. The number of benzene rings is 1. The summed E-state index contributed by atoms with van der Waals surface area (Å²) in [5.74, 6) is 0.0869. The van der Waals surface area contributed by atoms with Crippen molar-refractivity contribution < 1.29 is 8.94 Å². The van der Waals surface area contributed by atoms with Gasteiger partial charge in [-0.25, -0.2) is 4.79 Å². The molecule has 0 aliphatic carbocycles. The second-order valence-corrected chi connectivity index (χ2v) is 6.24. The van der Waals surface area contributed by atoms with E-state index in [4.69, 9.17) is 8.94 Å². The van der Waals surface area contributed by atoms with E-state index in [-0.39, 0.29) is 11.6 Å². The monoisotopic (exact) mass is 329 g/mol. The Kier molecular flexibility index (Phi) is 2.95. The average Bonchev–Trinajstić information content (AvgIpc) is 2.93. The largest absolute Gasteiger partial charge is 0.428 e. The molecule has 8 heteroatoms. The van der Waals surface area contributed by atoms with Gasteiger partial charge in [0.15, 0.2) is 17.3 Å². The van der Waals surface area contributed by atoms with Gasteiger partial charge in [0.25, 0.3) is 5.56 Å². The second-order valence-electron chi connectivity index (χ2n) is 5.07. The minimum Gasteiger partial charge on any atom is -0.406 e. The highest BCUT2D eigenvalue weighted by molar-refractivity contribution is 8.00. The van der Waals surface area contributed by atoms with E-state index in [0.717, 1.165) is 15.0 Å². The molecule has 116 valence electrons. The third kappa shape index (κ3) is 2.02. The van der Waals surface area contributed by atoms with Crippen molar-refractivity contribution >= 4 is 17.6 Å². The van der Waals surface area contributed by atoms with Crippen molar-refractivity contribution in [2.24, 2.45) is 0 Å². The highest BCUT2D eigenvalue weighted by Crippen LogP contribution is 2.42. The predicted molar refractivity (Wildman–Crippen MR) is 85.1 cm³/mol. The molecule has 3 aromatic rings. The molecule has 0 amide bonds. The molecule has 4 rings (SSSR count). The van der Waals surface area contributed by atoms with E-state index < -0.39 is 11.3 Å². The minimum absolute atomic E-state index is 0.112. The van der Waals surface area contributed by atoms with E-state index in [1.807, 2.05) is 24.3 Å². The SMILES string of the molecule is Cc1cc(-n2c(=O)oc3c(c2=O)N(C)Sc2ccccc2-3)no1. The van der Waals surface area contributed by atoms with Crippen LogP contribution >= 0.6 is 11.9 Å². The van der Waals surface area contributed by atoms with Crippen LogP contribution in [0, 0.1) is 6.92 Å². The summed E-state index contributed by atoms with van der Waals surface area (Å²) in [5, 5.41) is 3.73. The Balaban J connectivity index is 2.06. The molecular weight excluding hydrogens is 318 g/mol. The summed E-state index contributed by atoms with van der Waals surface area (Å²) < 4.78 is 13.0. The Morgan fingerprint density at radius 1 is 1.22 bits per heavy atom.